The Morgan fingerprint density at radius 1 is 1.64 bits per heavy atom. The van der Waals surface area contributed by atoms with Gasteiger partial charge in [0.1, 0.15) is 0 Å². The zero-order chi connectivity index (χ0) is 10.6. The molecule has 1 unspecified atom stereocenters. The summed E-state index contributed by atoms with van der Waals surface area (Å²) < 4.78 is 0. The molecule has 1 aliphatic rings. The van der Waals surface area contributed by atoms with E-state index >= 15 is 0 Å². The van der Waals surface area contributed by atoms with Crippen LogP contribution in [0.15, 0.2) is 0 Å². The number of carbonyl (C=O) groups is 2. The molecule has 0 saturated carbocycles. The molecule has 1 atom stereocenters. The van der Waals surface area contributed by atoms with Crippen LogP contribution >= 0.6 is 0 Å². The Labute approximate surface area is 83.8 Å². The fraction of sp³-hybridized carbons (Fsp3) is 0.778. The van der Waals surface area contributed by atoms with Gasteiger partial charge in [-0.1, -0.05) is 0 Å². The Hall–Kier alpha value is -1.10. The van der Waals surface area contributed by atoms with Gasteiger partial charge in [-0.25, -0.2) is 0 Å². The molecule has 2 amide bonds. The van der Waals surface area contributed by atoms with E-state index in [0.717, 1.165) is 6.42 Å². The molecule has 14 heavy (non-hydrogen) atoms. The topological polar surface area (TPSA) is 61.4 Å². The molecule has 1 fully saturated rings. The highest BCUT2D eigenvalue weighted by atomic mass is 16.2. The summed E-state index contributed by atoms with van der Waals surface area (Å²) in [4.78, 5) is 23.8. The van der Waals surface area contributed by atoms with Crippen LogP contribution in [0.5, 0.6) is 0 Å². The highest BCUT2D eigenvalue weighted by molar-refractivity contribution is 5.78. The third-order valence-electron chi connectivity index (χ3n) is 2.46. The fourth-order valence-corrected chi connectivity index (χ4v) is 1.50. The lowest BCUT2D eigenvalue weighted by atomic mass is 10.1. The molecule has 0 aliphatic carbocycles. The highest BCUT2D eigenvalue weighted by Gasteiger charge is 2.22. The van der Waals surface area contributed by atoms with Gasteiger partial charge in [0, 0.05) is 33.1 Å². The summed E-state index contributed by atoms with van der Waals surface area (Å²) in [6.07, 6.45) is 1.39. The normalized spacial score (nSPS) is 22.3. The molecule has 0 aromatic rings. The third kappa shape index (κ3) is 2.99. The predicted octanol–water partition coefficient (Wildman–Crippen LogP) is -1.06. The molecule has 0 aromatic carbocycles. The minimum atomic E-state index is -0.0236. The Morgan fingerprint density at radius 2 is 2.36 bits per heavy atom. The van der Waals surface area contributed by atoms with Gasteiger partial charge in [0.25, 0.3) is 0 Å². The van der Waals surface area contributed by atoms with Gasteiger partial charge < -0.3 is 15.5 Å². The Bertz CT molecular complexity index is 230. The quantitative estimate of drug-likeness (QED) is 0.609. The lowest BCUT2D eigenvalue weighted by Crippen LogP contribution is -2.48. The van der Waals surface area contributed by atoms with Crippen LogP contribution in [0.1, 0.15) is 12.8 Å². The van der Waals surface area contributed by atoms with E-state index in [1.165, 1.54) is 0 Å². The summed E-state index contributed by atoms with van der Waals surface area (Å²) >= 11 is 0. The van der Waals surface area contributed by atoms with Crippen molar-refractivity contribution in [2.75, 3.05) is 27.2 Å². The summed E-state index contributed by atoms with van der Waals surface area (Å²) in [5.41, 5.74) is 0. The van der Waals surface area contributed by atoms with Gasteiger partial charge in [-0.15, -0.1) is 0 Å². The van der Waals surface area contributed by atoms with Crippen molar-refractivity contribution in [3.8, 4) is 0 Å². The van der Waals surface area contributed by atoms with E-state index < -0.39 is 0 Å². The van der Waals surface area contributed by atoms with E-state index in [2.05, 4.69) is 10.6 Å². The van der Waals surface area contributed by atoms with E-state index in [9.17, 15) is 9.59 Å². The number of piperidine rings is 1. The van der Waals surface area contributed by atoms with Crippen LogP contribution in [0, 0.1) is 0 Å². The summed E-state index contributed by atoms with van der Waals surface area (Å²) in [5.74, 6) is 0.160. The number of rotatable bonds is 3. The smallest absolute Gasteiger partial charge is 0.233 e. The van der Waals surface area contributed by atoms with Crippen molar-refractivity contribution in [2.45, 2.75) is 18.9 Å². The van der Waals surface area contributed by atoms with Gasteiger partial charge >= 0.3 is 0 Å². The van der Waals surface area contributed by atoms with Crippen LogP contribution in [0.3, 0.4) is 0 Å². The first-order chi connectivity index (χ1) is 6.63. The maximum atomic E-state index is 11.2. The molecule has 1 aliphatic heterocycles. The number of likely N-dealkylation sites (tertiary alicyclic amines) is 1. The van der Waals surface area contributed by atoms with Gasteiger partial charge in [-0.3, -0.25) is 9.59 Å². The van der Waals surface area contributed by atoms with Gasteiger partial charge in [0.15, 0.2) is 0 Å². The van der Waals surface area contributed by atoms with Gasteiger partial charge in [-0.2, -0.15) is 0 Å². The molecule has 80 valence electrons. The number of carbonyl (C=O) groups excluding carboxylic acids is 2. The summed E-state index contributed by atoms with van der Waals surface area (Å²) in [7, 11) is 3.40. The molecule has 2 N–H and O–H groups in total. The van der Waals surface area contributed by atoms with Crippen LogP contribution in [0.4, 0.5) is 0 Å². The zero-order valence-corrected chi connectivity index (χ0v) is 8.67. The monoisotopic (exact) mass is 199 g/mol. The van der Waals surface area contributed by atoms with Crippen LogP contribution in [-0.2, 0) is 9.59 Å². The second-order valence-electron chi connectivity index (χ2n) is 3.56. The number of likely N-dealkylation sites (N-methyl/N-ethyl adjacent to an activating group) is 2. The molecule has 1 saturated heterocycles. The predicted molar refractivity (Wildman–Crippen MR) is 52.7 cm³/mol. The van der Waals surface area contributed by atoms with E-state index in [0.29, 0.717) is 19.5 Å². The Morgan fingerprint density at radius 3 is 2.93 bits per heavy atom. The van der Waals surface area contributed by atoms with Crippen LogP contribution in [0.2, 0.25) is 0 Å². The first-order valence-corrected chi connectivity index (χ1v) is 4.81. The lowest BCUT2D eigenvalue weighted by Gasteiger charge is -2.30. The Balaban J connectivity index is 2.26. The van der Waals surface area contributed by atoms with Crippen LogP contribution in [0.25, 0.3) is 0 Å². The molecule has 1 heterocycles. The average Bonchev–Trinajstić information content (AvgIpc) is 2.19. The molecule has 0 bridgehead atoms. The second-order valence-corrected chi connectivity index (χ2v) is 3.56. The first kappa shape index (κ1) is 11.0. The van der Waals surface area contributed by atoms with Crippen LogP contribution in [-0.4, -0.2) is 49.9 Å². The number of amides is 2. The first-order valence-electron chi connectivity index (χ1n) is 4.81. The van der Waals surface area contributed by atoms with E-state index in [1.54, 1.807) is 19.0 Å². The van der Waals surface area contributed by atoms with E-state index in [-0.39, 0.29) is 17.9 Å². The maximum Gasteiger partial charge on any atom is 0.233 e. The van der Waals surface area contributed by atoms with Crippen molar-refractivity contribution in [3.63, 3.8) is 0 Å². The highest BCUT2D eigenvalue weighted by Crippen LogP contribution is 2.08. The maximum absolute atomic E-state index is 11.2. The molecular weight excluding hydrogens is 182 g/mol. The molecule has 0 aromatic heterocycles. The summed E-state index contributed by atoms with van der Waals surface area (Å²) in [5, 5.41) is 5.66. The number of hydrogen-bond acceptors (Lipinski definition) is 3. The molecule has 0 radical (unpaired) electrons. The van der Waals surface area contributed by atoms with Crippen molar-refractivity contribution in [2.24, 2.45) is 0 Å². The molecule has 0 spiro atoms. The van der Waals surface area contributed by atoms with Crippen LogP contribution < -0.4 is 10.6 Å². The van der Waals surface area contributed by atoms with E-state index in [1.807, 2.05) is 0 Å². The third-order valence-corrected chi connectivity index (χ3v) is 2.46. The average molecular weight is 199 g/mol. The SMILES string of the molecule is CNC(=O)CNC1CCC(=O)N(C)C1. The van der Waals surface area contributed by atoms with Crippen molar-refractivity contribution in [1.29, 1.82) is 0 Å². The Kier molecular flexibility index (Phi) is 3.88. The summed E-state index contributed by atoms with van der Waals surface area (Å²) in [6.45, 7) is 1.01. The zero-order valence-electron chi connectivity index (χ0n) is 8.67. The second kappa shape index (κ2) is 4.95. The van der Waals surface area contributed by atoms with Crippen molar-refractivity contribution in [3.05, 3.63) is 0 Å². The van der Waals surface area contributed by atoms with Crippen molar-refractivity contribution in [1.82, 2.24) is 15.5 Å². The fourth-order valence-electron chi connectivity index (χ4n) is 1.50. The molecular formula is C9H17N3O2. The number of nitrogens with one attached hydrogen (secondary N) is 2. The largest absolute Gasteiger partial charge is 0.358 e. The van der Waals surface area contributed by atoms with Gasteiger partial charge in [0.2, 0.25) is 11.8 Å². The van der Waals surface area contributed by atoms with E-state index in [4.69, 9.17) is 0 Å². The lowest BCUT2D eigenvalue weighted by molar-refractivity contribution is -0.132. The molecule has 1 rings (SSSR count). The van der Waals surface area contributed by atoms with Gasteiger partial charge in [-0.05, 0) is 6.42 Å². The number of hydrogen-bond donors (Lipinski definition) is 2. The van der Waals surface area contributed by atoms with Crippen molar-refractivity contribution >= 4 is 11.8 Å². The minimum Gasteiger partial charge on any atom is -0.358 e. The standard InChI is InChI=1S/C9H17N3O2/c1-10-8(13)5-11-7-3-4-9(14)12(2)6-7/h7,11H,3-6H2,1-2H3,(H,10,13). The summed E-state index contributed by atoms with van der Waals surface area (Å²) in [6, 6.07) is 0.245. The molecule has 5 nitrogen and oxygen atoms in total. The number of nitrogens with zero attached hydrogens (tertiary/aromatic N) is 1. The molecule has 5 heteroatoms. The van der Waals surface area contributed by atoms with Crippen molar-refractivity contribution < 1.29 is 9.59 Å². The van der Waals surface area contributed by atoms with Gasteiger partial charge in [0.05, 0.1) is 6.54 Å². The minimum absolute atomic E-state index is 0.0236.